The van der Waals surface area contributed by atoms with Crippen molar-refractivity contribution in [1.82, 2.24) is 16.0 Å². The summed E-state index contributed by atoms with van der Waals surface area (Å²) in [6.45, 7) is 5.03. The molecule has 27 heavy (non-hydrogen) atoms. The summed E-state index contributed by atoms with van der Waals surface area (Å²) in [5, 5.41) is 9.65. The second kappa shape index (κ2) is 9.74. The highest BCUT2D eigenvalue weighted by atomic mass is 16.5. The van der Waals surface area contributed by atoms with Crippen LogP contribution in [0.5, 0.6) is 0 Å². The monoisotopic (exact) mass is 372 g/mol. The quantitative estimate of drug-likeness (QED) is 0.389. The molecule has 1 saturated carbocycles. The van der Waals surface area contributed by atoms with Gasteiger partial charge >= 0.3 is 0 Å². The summed E-state index contributed by atoms with van der Waals surface area (Å²) >= 11 is 0. The van der Waals surface area contributed by atoms with Crippen LogP contribution in [0.3, 0.4) is 0 Å². The zero-order valence-corrected chi connectivity index (χ0v) is 16.5. The van der Waals surface area contributed by atoms with E-state index in [9.17, 15) is 4.79 Å². The highest BCUT2D eigenvalue weighted by Crippen LogP contribution is 2.33. The number of benzene rings is 1. The fourth-order valence-electron chi connectivity index (χ4n) is 3.48. The number of hydrogen-bond donors (Lipinski definition) is 3. The minimum Gasteiger partial charge on any atom is -0.373 e. The van der Waals surface area contributed by atoms with E-state index in [1.807, 2.05) is 0 Å². The second-order valence-corrected chi connectivity index (χ2v) is 7.55. The number of carbonyl (C=O) groups excluding carboxylic acids is 1. The lowest BCUT2D eigenvalue weighted by Gasteiger charge is -2.32. The first-order chi connectivity index (χ1) is 13.2. The minimum absolute atomic E-state index is 0.128. The van der Waals surface area contributed by atoms with Crippen LogP contribution in [-0.2, 0) is 9.53 Å². The topological polar surface area (TPSA) is 74.8 Å². The van der Waals surface area contributed by atoms with Crippen LogP contribution in [0.4, 0.5) is 0 Å². The summed E-state index contributed by atoms with van der Waals surface area (Å²) in [6, 6.07) is 8.64. The lowest BCUT2D eigenvalue weighted by molar-refractivity contribution is -0.122. The number of carbonyl (C=O) groups is 1. The van der Waals surface area contributed by atoms with Crippen LogP contribution in [0.1, 0.15) is 42.9 Å². The Morgan fingerprint density at radius 3 is 2.56 bits per heavy atom. The van der Waals surface area contributed by atoms with E-state index in [0.717, 1.165) is 44.8 Å². The zero-order valence-electron chi connectivity index (χ0n) is 16.5. The first kappa shape index (κ1) is 19.7. The Bertz CT molecular complexity index is 640. The van der Waals surface area contributed by atoms with E-state index in [1.54, 1.807) is 7.05 Å². The first-order valence-corrected chi connectivity index (χ1v) is 10.1. The van der Waals surface area contributed by atoms with Gasteiger partial charge in [-0.15, -0.1) is 0 Å². The van der Waals surface area contributed by atoms with E-state index in [0.29, 0.717) is 19.0 Å². The largest absolute Gasteiger partial charge is 0.373 e. The van der Waals surface area contributed by atoms with E-state index in [-0.39, 0.29) is 17.9 Å². The molecule has 1 heterocycles. The molecule has 0 spiro atoms. The van der Waals surface area contributed by atoms with Crippen LogP contribution in [-0.4, -0.2) is 45.2 Å². The van der Waals surface area contributed by atoms with Crippen molar-refractivity contribution in [3.8, 4) is 0 Å². The smallest absolute Gasteiger partial charge is 0.223 e. The number of aliphatic imine (C=N–C) groups is 1. The molecule has 0 bridgehead atoms. The summed E-state index contributed by atoms with van der Waals surface area (Å²) < 4.78 is 6.09. The molecule has 1 aromatic carbocycles. The summed E-state index contributed by atoms with van der Waals surface area (Å²) in [7, 11) is 1.77. The number of rotatable bonds is 7. The van der Waals surface area contributed by atoms with Gasteiger partial charge in [0.1, 0.15) is 0 Å². The maximum Gasteiger partial charge on any atom is 0.223 e. The Morgan fingerprint density at radius 1 is 1.11 bits per heavy atom. The van der Waals surface area contributed by atoms with Gasteiger partial charge in [-0.25, -0.2) is 0 Å². The lowest BCUT2D eigenvalue weighted by Crippen LogP contribution is -2.44. The number of nitrogens with zero attached hydrogens (tertiary/aromatic N) is 1. The van der Waals surface area contributed by atoms with Crippen LogP contribution >= 0.6 is 0 Å². The summed E-state index contributed by atoms with van der Waals surface area (Å²) in [5.41, 5.74) is 2.51. The average Bonchev–Trinajstić information content (AvgIpc) is 3.53. The van der Waals surface area contributed by atoms with Gasteiger partial charge in [0.25, 0.3) is 0 Å². The van der Waals surface area contributed by atoms with E-state index in [2.05, 4.69) is 52.1 Å². The Balaban J connectivity index is 1.44. The Hall–Kier alpha value is -2.08. The molecule has 148 valence electrons. The van der Waals surface area contributed by atoms with Gasteiger partial charge in [-0.05, 0) is 38.2 Å². The zero-order chi connectivity index (χ0) is 19.1. The predicted molar refractivity (Wildman–Crippen MR) is 108 cm³/mol. The minimum atomic E-state index is 0.128. The standard InChI is InChI=1S/C21H32N4O2/c1-15-5-7-16(8-6-15)19-18(4-3-13-27-19)14-25-21(22-2)24-12-11-23-20(26)17-9-10-17/h5-8,17-19H,3-4,9-14H2,1-2H3,(H,23,26)(H2,22,24,25). The Kier molecular flexibility index (Phi) is 7.10. The molecule has 3 N–H and O–H groups in total. The van der Waals surface area contributed by atoms with Crippen molar-refractivity contribution in [1.29, 1.82) is 0 Å². The van der Waals surface area contributed by atoms with E-state index >= 15 is 0 Å². The molecular weight excluding hydrogens is 340 g/mol. The summed E-state index contributed by atoms with van der Waals surface area (Å²) in [6.07, 6.45) is 4.43. The summed E-state index contributed by atoms with van der Waals surface area (Å²) in [5.74, 6) is 1.62. The number of amides is 1. The van der Waals surface area contributed by atoms with E-state index in [4.69, 9.17) is 4.74 Å². The molecule has 1 amide bonds. The number of hydrogen-bond acceptors (Lipinski definition) is 3. The fraction of sp³-hybridized carbons (Fsp3) is 0.619. The normalized spacial score (nSPS) is 23.0. The van der Waals surface area contributed by atoms with Crippen molar-refractivity contribution in [2.75, 3.05) is 33.3 Å². The third-order valence-corrected chi connectivity index (χ3v) is 5.27. The van der Waals surface area contributed by atoms with Crippen LogP contribution in [0.2, 0.25) is 0 Å². The second-order valence-electron chi connectivity index (χ2n) is 7.55. The molecular formula is C21H32N4O2. The Labute approximate surface area is 162 Å². The molecule has 0 aromatic heterocycles. The van der Waals surface area contributed by atoms with Gasteiger partial charge in [-0.1, -0.05) is 29.8 Å². The molecule has 6 nitrogen and oxygen atoms in total. The number of aryl methyl sites for hydroxylation is 1. The maximum absolute atomic E-state index is 11.6. The van der Waals surface area contributed by atoms with Gasteiger partial charge in [0.15, 0.2) is 5.96 Å². The van der Waals surface area contributed by atoms with Crippen molar-refractivity contribution in [3.05, 3.63) is 35.4 Å². The van der Waals surface area contributed by atoms with Crippen molar-refractivity contribution >= 4 is 11.9 Å². The van der Waals surface area contributed by atoms with Crippen molar-refractivity contribution in [2.24, 2.45) is 16.8 Å². The molecule has 1 saturated heterocycles. The Morgan fingerprint density at radius 2 is 1.85 bits per heavy atom. The summed E-state index contributed by atoms with van der Waals surface area (Å²) in [4.78, 5) is 15.9. The predicted octanol–water partition coefficient (Wildman–Crippen LogP) is 2.15. The van der Waals surface area contributed by atoms with Crippen LogP contribution in [0.25, 0.3) is 0 Å². The van der Waals surface area contributed by atoms with Crippen molar-refractivity contribution < 1.29 is 9.53 Å². The van der Waals surface area contributed by atoms with Gasteiger partial charge in [-0.3, -0.25) is 9.79 Å². The molecule has 0 radical (unpaired) electrons. The van der Waals surface area contributed by atoms with Gasteiger partial charge < -0.3 is 20.7 Å². The third-order valence-electron chi connectivity index (χ3n) is 5.27. The molecule has 2 aliphatic rings. The van der Waals surface area contributed by atoms with E-state index in [1.165, 1.54) is 11.1 Å². The molecule has 1 aliphatic heterocycles. The molecule has 6 heteroatoms. The van der Waals surface area contributed by atoms with Gasteiger partial charge in [0.2, 0.25) is 5.91 Å². The molecule has 1 aromatic rings. The van der Waals surface area contributed by atoms with Gasteiger partial charge in [-0.2, -0.15) is 0 Å². The third kappa shape index (κ3) is 5.96. The molecule has 1 aliphatic carbocycles. The van der Waals surface area contributed by atoms with E-state index < -0.39 is 0 Å². The highest BCUT2D eigenvalue weighted by Gasteiger charge is 2.29. The average molecular weight is 373 g/mol. The number of nitrogens with one attached hydrogen (secondary N) is 3. The highest BCUT2D eigenvalue weighted by molar-refractivity contribution is 5.81. The van der Waals surface area contributed by atoms with Crippen LogP contribution in [0.15, 0.2) is 29.3 Å². The van der Waals surface area contributed by atoms with Gasteiger partial charge in [0, 0.05) is 45.1 Å². The maximum atomic E-state index is 11.6. The van der Waals surface area contributed by atoms with Crippen LogP contribution in [0, 0.1) is 18.8 Å². The molecule has 2 unspecified atom stereocenters. The molecule has 2 atom stereocenters. The van der Waals surface area contributed by atoms with Crippen LogP contribution < -0.4 is 16.0 Å². The van der Waals surface area contributed by atoms with Gasteiger partial charge in [0.05, 0.1) is 6.10 Å². The SMILES string of the molecule is CN=C(NCCNC(=O)C1CC1)NCC1CCCOC1c1ccc(C)cc1. The number of guanidine groups is 1. The number of ether oxygens (including phenoxy) is 1. The van der Waals surface area contributed by atoms with Crippen molar-refractivity contribution in [3.63, 3.8) is 0 Å². The fourth-order valence-corrected chi connectivity index (χ4v) is 3.48. The first-order valence-electron chi connectivity index (χ1n) is 10.1. The lowest BCUT2D eigenvalue weighted by atomic mass is 9.89. The van der Waals surface area contributed by atoms with Crippen molar-refractivity contribution in [2.45, 2.75) is 38.7 Å². The molecule has 3 rings (SSSR count). The molecule has 2 fully saturated rings.